The van der Waals surface area contributed by atoms with Crippen LogP contribution in [0.25, 0.3) is 0 Å². The monoisotopic (exact) mass is 280 g/mol. The molecule has 0 radical (unpaired) electrons. The van der Waals surface area contributed by atoms with Crippen LogP contribution in [-0.2, 0) is 13.0 Å². The molecule has 0 aliphatic rings. The molecule has 19 heavy (non-hydrogen) atoms. The van der Waals surface area contributed by atoms with Crippen LogP contribution in [0, 0.1) is 0 Å². The molecule has 2 heterocycles. The Morgan fingerprint density at radius 3 is 2.84 bits per heavy atom. The zero-order valence-electron chi connectivity index (χ0n) is 11.1. The molecule has 0 saturated heterocycles. The zero-order valence-corrected chi connectivity index (χ0v) is 11.9. The van der Waals surface area contributed by atoms with Gasteiger partial charge in [-0.3, -0.25) is 4.68 Å². The highest BCUT2D eigenvalue weighted by molar-refractivity contribution is 6.29. The normalized spacial score (nSPS) is 10.7. The Kier molecular flexibility index (Phi) is 4.74. The highest BCUT2D eigenvalue weighted by Crippen LogP contribution is 2.21. The van der Waals surface area contributed by atoms with Crippen LogP contribution in [0.2, 0.25) is 5.15 Å². The molecule has 5 nitrogen and oxygen atoms in total. The largest absolute Gasteiger partial charge is 0.436 e. The lowest BCUT2D eigenvalue weighted by Crippen LogP contribution is -1.97. The van der Waals surface area contributed by atoms with Gasteiger partial charge in [-0.15, -0.1) is 0 Å². The Hall–Kier alpha value is -1.62. The van der Waals surface area contributed by atoms with Crippen LogP contribution in [0.1, 0.15) is 32.5 Å². The predicted molar refractivity (Wildman–Crippen MR) is 73.6 cm³/mol. The molecule has 0 aromatic carbocycles. The number of aromatic nitrogens is 4. The summed E-state index contributed by atoms with van der Waals surface area (Å²) in [5.74, 6) is 1.82. The van der Waals surface area contributed by atoms with Crippen molar-refractivity contribution in [2.24, 2.45) is 0 Å². The number of aryl methyl sites for hydroxylation is 2. The zero-order chi connectivity index (χ0) is 13.7. The van der Waals surface area contributed by atoms with Gasteiger partial charge in [-0.05, 0) is 12.8 Å². The van der Waals surface area contributed by atoms with Crippen LogP contribution in [-0.4, -0.2) is 19.7 Å². The first kappa shape index (κ1) is 13.8. The number of hydrogen-bond donors (Lipinski definition) is 0. The van der Waals surface area contributed by atoms with Crippen molar-refractivity contribution in [2.75, 3.05) is 0 Å². The maximum Gasteiger partial charge on any atom is 0.224 e. The van der Waals surface area contributed by atoms with Crippen molar-refractivity contribution in [1.82, 2.24) is 19.7 Å². The van der Waals surface area contributed by atoms with Crippen molar-refractivity contribution in [3.63, 3.8) is 0 Å². The summed E-state index contributed by atoms with van der Waals surface area (Å²) in [4.78, 5) is 8.47. The molecule has 2 rings (SSSR count). The van der Waals surface area contributed by atoms with E-state index in [9.17, 15) is 0 Å². The van der Waals surface area contributed by atoms with Crippen LogP contribution in [0.5, 0.6) is 11.6 Å². The summed E-state index contributed by atoms with van der Waals surface area (Å²) in [6, 6.07) is 1.61. The van der Waals surface area contributed by atoms with E-state index in [2.05, 4.69) is 28.9 Å². The van der Waals surface area contributed by atoms with Crippen molar-refractivity contribution in [3.05, 3.63) is 29.4 Å². The second kappa shape index (κ2) is 6.52. The first-order valence-corrected chi connectivity index (χ1v) is 6.82. The molecule has 2 aromatic rings. The van der Waals surface area contributed by atoms with Gasteiger partial charge >= 0.3 is 0 Å². The van der Waals surface area contributed by atoms with E-state index in [0.717, 1.165) is 25.8 Å². The van der Waals surface area contributed by atoms with Gasteiger partial charge in [-0.2, -0.15) is 10.1 Å². The molecule has 102 valence electrons. The molecule has 0 atom stereocenters. The number of nitrogens with zero attached hydrogens (tertiary/aromatic N) is 4. The molecule has 0 bridgehead atoms. The molecule has 0 fully saturated rings. The lowest BCUT2D eigenvalue weighted by atomic mass is 10.3. The molecule has 6 heteroatoms. The van der Waals surface area contributed by atoms with Gasteiger partial charge < -0.3 is 4.74 Å². The molecular formula is C13H17ClN4O. The molecule has 0 N–H and O–H groups in total. The highest BCUT2D eigenvalue weighted by Gasteiger charge is 2.06. The van der Waals surface area contributed by atoms with Crippen molar-refractivity contribution >= 4 is 11.6 Å². The Morgan fingerprint density at radius 2 is 2.11 bits per heavy atom. The average molecular weight is 281 g/mol. The summed E-state index contributed by atoms with van der Waals surface area (Å²) < 4.78 is 7.49. The summed E-state index contributed by atoms with van der Waals surface area (Å²) in [7, 11) is 0. The fraction of sp³-hybridized carbons (Fsp3) is 0.462. The maximum absolute atomic E-state index is 5.95. The van der Waals surface area contributed by atoms with Gasteiger partial charge in [-0.25, -0.2) is 4.98 Å². The SMILES string of the molecule is CCCc1nc(Cl)cc(Oc2cnn(CCC)c2)n1. The van der Waals surface area contributed by atoms with Crippen LogP contribution in [0.3, 0.4) is 0 Å². The average Bonchev–Trinajstić information content (AvgIpc) is 2.76. The smallest absolute Gasteiger partial charge is 0.224 e. The fourth-order valence-corrected chi connectivity index (χ4v) is 1.89. The van der Waals surface area contributed by atoms with Crippen LogP contribution in [0.15, 0.2) is 18.5 Å². The molecule has 2 aromatic heterocycles. The van der Waals surface area contributed by atoms with E-state index in [1.807, 2.05) is 10.9 Å². The number of ether oxygens (including phenoxy) is 1. The van der Waals surface area contributed by atoms with Crippen molar-refractivity contribution in [3.8, 4) is 11.6 Å². The Labute approximate surface area is 117 Å². The Balaban J connectivity index is 2.12. The first-order chi connectivity index (χ1) is 9.21. The standard InChI is InChI=1S/C13H17ClN4O/c1-3-5-12-16-11(14)7-13(17-12)19-10-8-15-18(9-10)6-4-2/h7-9H,3-6H2,1-2H3. The topological polar surface area (TPSA) is 52.8 Å². The quantitative estimate of drug-likeness (QED) is 0.760. The third kappa shape index (κ3) is 3.92. The van der Waals surface area contributed by atoms with Crippen LogP contribution >= 0.6 is 11.6 Å². The summed E-state index contributed by atoms with van der Waals surface area (Å²) in [6.07, 6.45) is 6.30. The number of halogens is 1. The van der Waals surface area contributed by atoms with Gasteiger partial charge in [0, 0.05) is 19.0 Å². The molecule has 0 aliphatic carbocycles. The van der Waals surface area contributed by atoms with E-state index in [1.54, 1.807) is 12.3 Å². The van der Waals surface area contributed by atoms with Crippen molar-refractivity contribution in [2.45, 2.75) is 39.7 Å². The van der Waals surface area contributed by atoms with Crippen molar-refractivity contribution in [1.29, 1.82) is 0 Å². The molecule has 0 spiro atoms. The minimum atomic E-state index is 0.398. The third-order valence-corrected chi connectivity index (χ3v) is 2.67. The third-order valence-electron chi connectivity index (χ3n) is 2.48. The maximum atomic E-state index is 5.95. The van der Waals surface area contributed by atoms with Gasteiger partial charge in [0.15, 0.2) is 5.75 Å². The van der Waals surface area contributed by atoms with Gasteiger partial charge in [0.05, 0.1) is 12.4 Å². The van der Waals surface area contributed by atoms with Crippen LogP contribution in [0.4, 0.5) is 0 Å². The van der Waals surface area contributed by atoms with Gasteiger partial charge in [0.25, 0.3) is 0 Å². The Bertz CT molecular complexity index is 541. The van der Waals surface area contributed by atoms with E-state index < -0.39 is 0 Å². The first-order valence-electron chi connectivity index (χ1n) is 6.45. The summed E-state index contributed by atoms with van der Waals surface area (Å²) in [5, 5.41) is 4.60. The molecule has 0 saturated carbocycles. The second-order valence-corrected chi connectivity index (χ2v) is 4.62. The van der Waals surface area contributed by atoms with E-state index in [1.165, 1.54) is 0 Å². The second-order valence-electron chi connectivity index (χ2n) is 4.24. The lowest BCUT2D eigenvalue weighted by Gasteiger charge is -2.04. The summed E-state index contributed by atoms with van der Waals surface area (Å²) in [5.41, 5.74) is 0. The Morgan fingerprint density at radius 1 is 1.26 bits per heavy atom. The number of rotatable bonds is 6. The summed E-state index contributed by atoms with van der Waals surface area (Å²) in [6.45, 7) is 5.04. The van der Waals surface area contributed by atoms with Crippen molar-refractivity contribution < 1.29 is 4.74 Å². The van der Waals surface area contributed by atoms with Gasteiger partial charge in [0.1, 0.15) is 11.0 Å². The highest BCUT2D eigenvalue weighted by atomic mass is 35.5. The van der Waals surface area contributed by atoms with Gasteiger partial charge in [-0.1, -0.05) is 25.4 Å². The predicted octanol–water partition coefficient (Wildman–Crippen LogP) is 3.48. The fourth-order valence-electron chi connectivity index (χ4n) is 1.70. The minimum absolute atomic E-state index is 0.398. The number of hydrogen-bond acceptors (Lipinski definition) is 4. The van der Waals surface area contributed by atoms with E-state index in [4.69, 9.17) is 16.3 Å². The summed E-state index contributed by atoms with van der Waals surface area (Å²) >= 11 is 5.95. The van der Waals surface area contributed by atoms with Crippen LogP contribution < -0.4 is 4.74 Å². The van der Waals surface area contributed by atoms with E-state index in [-0.39, 0.29) is 0 Å². The minimum Gasteiger partial charge on any atom is -0.436 e. The molecule has 0 aliphatic heterocycles. The molecule has 0 unspecified atom stereocenters. The van der Waals surface area contributed by atoms with E-state index in [0.29, 0.717) is 22.6 Å². The van der Waals surface area contributed by atoms with Gasteiger partial charge in [0.2, 0.25) is 5.88 Å². The lowest BCUT2D eigenvalue weighted by molar-refractivity contribution is 0.456. The molecular weight excluding hydrogens is 264 g/mol. The van der Waals surface area contributed by atoms with E-state index >= 15 is 0 Å². The molecule has 0 amide bonds.